The molecule has 0 fully saturated rings. The van der Waals surface area contributed by atoms with Crippen LogP contribution in [0.15, 0.2) is 0 Å². The van der Waals surface area contributed by atoms with Crippen LogP contribution in [-0.4, -0.2) is 17.6 Å². The van der Waals surface area contributed by atoms with E-state index in [0.717, 1.165) is 0 Å². The van der Waals surface area contributed by atoms with Gasteiger partial charge < -0.3 is 0 Å². The Kier molecular flexibility index (Phi) is 2.06. The van der Waals surface area contributed by atoms with Crippen molar-refractivity contribution < 1.29 is 22.4 Å². The molecule has 1 atom stereocenters. The van der Waals surface area contributed by atoms with Crippen molar-refractivity contribution in [2.24, 2.45) is 0 Å². The molecule has 0 N–H and O–H groups in total. The molecule has 6 heteroatoms. The average molecular weight is 164 g/mol. The van der Waals surface area contributed by atoms with Gasteiger partial charge in [0.2, 0.25) is 0 Å². The van der Waals surface area contributed by atoms with E-state index in [9.17, 15) is 22.4 Å². The maximum absolute atomic E-state index is 11.6. The minimum absolute atomic E-state index is 1.01. The van der Waals surface area contributed by atoms with Crippen LogP contribution in [0.4, 0.5) is 17.6 Å². The molecule has 0 saturated heterocycles. The van der Waals surface area contributed by atoms with Crippen LogP contribution in [0.1, 0.15) is 0 Å². The average Bonchev–Trinajstić information content (AvgIpc) is 1.64. The van der Waals surface area contributed by atoms with Gasteiger partial charge >= 0.3 is 11.3 Å². The van der Waals surface area contributed by atoms with Crippen LogP contribution in [-0.2, 0) is 4.79 Å². The van der Waals surface area contributed by atoms with Crippen molar-refractivity contribution in [3.8, 4) is 0 Å². The first kappa shape index (κ1) is 8.68. The Labute approximate surface area is 52.6 Å². The van der Waals surface area contributed by atoms with Gasteiger partial charge in [0.15, 0.2) is 6.29 Å². The highest BCUT2D eigenvalue weighted by Gasteiger charge is 2.55. The SMILES string of the molecule is O=CC(F)(Cl)C(F)(F)F. The van der Waals surface area contributed by atoms with Gasteiger partial charge in [0.05, 0.1) is 0 Å². The topological polar surface area (TPSA) is 17.1 Å². The Hall–Kier alpha value is -0.320. The molecule has 0 rings (SSSR count). The highest BCUT2D eigenvalue weighted by atomic mass is 35.5. The van der Waals surface area contributed by atoms with Gasteiger partial charge in [-0.3, -0.25) is 4.79 Å². The summed E-state index contributed by atoms with van der Waals surface area (Å²) in [5, 5.41) is -4.23. The second kappa shape index (κ2) is 2.13. The predicted molar refractivity (Wildman–Crippen MR) is 21.8 cm³/mol. The third-order valence-electron chi connectivity index (χ3n) is 0.526. The van der Waals surface area contributed by atoms with Gasteiger partial charge in [-0.25, -0.2) is 4.39 Å². The van der Waals surface area contributed by atoms with Crippen molar-refractivity contribution in [3.05, 3.63) is 0 Å². The van der Waals surface area contributed by atoms with Crippen molar-refractivity contribution >= 4 is 17.9 Å². The highest BCUT2D eigenvalue weighted by molar-refractivity contribution is 6.30. The molecular weight excluding hydrogens is 163 g/mol. The summed E-state index contributed by atoms with van der Waals surface area (Å²) in [5.41, 5.74) is 0. The lowest BCUT2D eigenvalue weighted by molar-refractivity contribution is -0.192. The molecule has 0 aliphatic rings. The van der Waals surface area contributed by atoms with Crippen LogP contribution >= 0.6 is 11.6 Å². The molecule has 0 spiro atoms. The summed E-state index contributed by atoms with van der Waals surface area (Å²) in [5.74, 6) is 0. The summed E-state index contributed by atoms with van der Waals surface area (Å²) in [6.07, 6.45) is -6.33. The molecule has 1 nitrogen and oxygen atoms in total. The summed E-state index contributed by atoms with van der Waals surface area (Å²) in [6, 6.07) is 0. The second-order valence-corrected chi connectivity index (χ2v) is 1.79. The van der Waals surface area contributed by atoms with Crippen molar-refractivity contribution in [1.29, 1.82) is 0 Å². The number of hydrogen-bond acceptors (Lipinski definition) is 1. The van der Waals surface area contributed by atoms with Crippen molar-refractivity contribution in [3.63, 3.8) is 0 Å². The third-order valence-corrected chi connectivity index (χ3v) is 0.829. The molecule has 0 saturated carbocycles. The number of hydrogen-bond donors (Lipinski definition) is 0. The number of halogens is 5. The minimum Gasteiger partial charge on any atom is -0.298 e. The first-order valence-corrected chi connectivity index (χ1v) is 2.10. The molecule has 0 aliphatic heterocycles. The van der Waals surface area contributed by atoms with Gasteiger partial charge in [0.1, 0.15) is 0 Å². The molecule has 9 heavy (non-hydrogen) atoms. The van der Waals surface area contributed by atoms with Gasteiger partial charge in [-0.05, 0) is 0 Å². The van der Waals surface area contributed by atoms with Crippen molar-refractivity contribution in [1.82, 2.24) is 0 Å². The van der Waals surface area contributed by atoms with Crippen LogP contribution in [0, 0.1) is 0 Å². The zero-order valence-corrected chi connectivity index (χ0v) is 4.63. The first-order chi connectivity index (χ1) is 3.81. The molecule has 54 valence electrons. The van der Waals surface area contributed by atoms with E-state index in [2.05, 4.69) is 11.6 Å². The fourth-order valence-corrected chi connectivity index (χ4v) is 0.0668. The first-order valence-electron chi connectivity index (χ1n) is 1.72. The van der Waals surface area contributed by atoms with E-state index in [0.29, 0.717) is 0 Å². The van der Waals surface area contributed by atoms with E-state index in [1.165, 1.54) is 0 Å². The highest BCUT2D eigenvalue weighted by Crippen LogP contribution is 2.35. The Morgan fingerprint density at radius 2 is 1.56 bits per heavy atom. The molecular formula is C3HClF4O. The second-order valence-electron chi connectivity index (χ2n) is 1.24. The third kappa shape index (κ3) is 1.82. The number of aldehydes is 1. The molecule has 0 amide bonds. The number of rotatable bonds is 1. The molecule has 0 bridgehead atoms. The van der Waals surface area contributed by atoms with Crippen LogP contribution in [0.2, 0.25) is 0 Å². The van der Waals surface area contributed by atoms with E-state index in [1.807, 2.05) is 0 Å². The largest absolute Gasteiger partial charge is 0.444 e. The van der Waals surface area contributed by atoms with E-state index >= 15 is 0 Å². The monoisotopic (exact) mass is 164 g/mol. The van der Waals surface area contributed by atoms with E-state index < -0.39 is 17.6 Å². The quantitative estimate of drug-likeness (QED) is 0.327. The Morgan fingerprint density at radius 1 is 1.22 bits per heavy atom. The standard InChI is InChI=1S/C3HClF4O/c4-2(5,1-9)3(6,7)8/h1H. The summed E-state index contributed by atoms with van der Waals surface area (Å²) in [4.78, 5) is 9.25. The van der Waals surface area contributed by atoms with Crippen LogP contribution in [0.3, 0.4) is 0 Å². The number of alkyl halides is 5. The smallest absolute Gasteiger partial charge is 0.298 e. The zero-order chi connectivity index (χ0) is 7.71. The molecule has 0 heterocycles. The lowest BCUT2D eigenvalue weighted by Crippen LogP contribution is -2.36. The van der Waals surface area contributed by atoms with Crippen LogP contribution < -0.4 is 0 Å². The lowest BCUT2D eigenvalue weighted by Gasteiger charge is -2.13. The van der Waals surface area contributed by atoms with Gasteiger partial charge in [-0.15, -0.1) is 0 Å². The molecule has 0 aliphatic carbocycles. The summed E-state index contributed by atoms with van der Waals surface area (Å²) < 4.78 is 44.9. The van der Waals surface area contributed by atoms with Crippen molar-refractivity contribution in [2.45, 2.75) is 11.3 Å². The lowest BCUT2D eigenvalue weighted by atomic mass is 10.4. The Balaban J connectivity index is 4.32. The summed E-state index contributed by atoms with van der Waals surface area (Å²) in [6.45, 7) is 0. The Morgan fingerprint density at radius 3 is 1.56 bits per heavy atom. The normalized spacial score (nSPS) is 18.8. The van der Waals surface area contributed by atoms with Gasteiger partial charge in [-0.1, -0.05) is 11.6 Å². The van der Waals surface area contributed by atoms with Crippen molar-refractivity contribution in [2.75, 3.05) is 0 Å². The van der Waals surface area contributed by atoms with Gasteiger partial charge in [0.25, 0.3) is 0 Å². The van der Waals surface area contributed by atoms with Crippen LogP contribution in [0.5, 0.6) is 0 Å². The summed E-state index contributed by atoms with van der Waals surface area (Å²) in [7, 11) is 0. The predicted octanol–water partition coefficient (Wildman–Crippen LogP) is 1.65. The summed E-state index contributed by atoms with van der Waals surface area (Å²) >= 11 is 4.04. The van der Waals surface area contributed by atoms with E-state index in [4.69, 9.17) is 0 Å². The Bertz CT molecular complexity index is 117. The van der Waals surface area contributed by atoms with E-state index in [1.54, 1.807) is 0 Å². The molecule has 0 aromatic carbocycles. The van der Waals surface area contributed by atoms with Crippen LogP contribution in [0.25, 0.3) is 0 Å². The number of carbonyl (C=O) groups is 1. The minimum atomic E-state index is -5.32. The maximum atomic E-state index is 11.6. The molecule has 0 aromatic rings. The fraction of sp³-hybridized carbons (Fsp3) is 0.667. The van der Waals surface area contributed by atoms with Gasteiger partial charge in [-0.2, -0.15) is 13.2 Å². The molecule has 0 radical (unpaired) electrons. The fourth-order valence-electron chi connectivity index (χ4n) is 0.0668. The maximum Gasteiger partial charge on any atom is 0.444 e. The van der Waals surface area contributed by atoms with E-state index in [-0.39, 0.29) is 0 Å². The molecule has 0 aromatic heterocycles. The molecule has 1 unspecified atom stereocenters. The zero-order valence-electron chi connectivity index (χ0n) is 3.88. The van der Waals surface area contributed by atoms with Gasteiger partial charge in [0, 0.05) is 0 Å². The number of carbonyl (C=O) groups excluding carboxylic acids is 1.